The topological polar surface area (TPSA) is 124 Å². The summed E-state index contributed by atoms with van der Waals surface area (Å²) in [6.45, 7) is 5.85. The number of likely N-dealkylation sites (tertiary alicyclic amines) is 1. The molecule has 0 amide bonds. The van der Waals surface area contributed by atoms with E-state index in [1.165, 1.54) is 13.8 Å². The third-order valence-corrected chi connectivity index (χ3v) is 12.0. The van der Waals surface area contributed by atoms with Gasteiger partial charge in [0.2, 0.25) is 0 Å². The van der Waals surface area contributed by atoms with E-state index in [9.17, 15) is 14.7 Å². The molecule has 14 atom stereocenters. The van der Waals surface area contributed by atoms with Crippen molar-refractivity contribution in [3.63, 3.8) is 0 Å². The van der Waals surface area contributed by atoms with Gasteiger partial charge in [-0.3, -0.25) is 9.59 Å². The second-order valence-electron chi connectivity index (χ2n) is 13.1. The molecule has 6 fully saturated rings. The highest BCUT2D eigenvalue weighted by Gasteiger charge is 2.90. The predicted molar refractivity (Wildman–Crippen MR) is 133 cm³/mol. The summed E-state index contributed by atoms with van der Waals surface area (Å²) in [5, 5.41) is 27.3. The molecule has 5 aliphatic carbocycles. The smallest absolute Gasteiger partial charge is 0.303 e. The third kappa shape index (κ3) is 2.94. The van der Waals surface area contributed by atoms with Crippen molar-refractivity contribution in [3.05, 3.63) is 5.21 Å². The van der Waals surface area contributed by atoms with Crippen LogP contribution in [0.5, 0.6) is 0 Å². The van der Waals surface area contributed by atoms with Crippen LogP contribution in [0.15, 0.2) is 0 Å². The number of aliphatic hydroxyl groups excluding tert-OH is 1. The molecule has 38 heavy (non-hydrogen) atoms. The van der Waals surface area contributed by atoms with E-state index in [1.807, 2.05) is 6.92 Å². The van der Waals surface area contributed by atoms with E-state index >= 15 is 5.21 Å². The van der Waals surface area contributed by atoms with Gasteiger partial charge in [-0.05, 0) is 32.1 Å². The van der Waals surface area contributed by atoms with Crippen molar-refractivity contribution in [2.24, 2.45) is 40.4 Å². The van der Waals surface area contributed by atoms with Gasteiger partial charge in [-0.25, -0.2) is 0 Å². The summed E-state index contributed by atoms with van der Waals surface area (Å²) in [6, 6.07) is -0.518. The van der Waals surface area contributed by atoms with Crippen molar-refractivity contribution in [2.45, 2.75) is 82.5 Å². The Kier molecular flexibility index (Phi) is 6.09. The van der Waals surface area contributed by atoms with E-state index in [0.29, 0.717) is 45.4 Å². The van der Waals surface area contributed by atoms with E-state index in [-0.39, 0.29) is 29.8 Å². The van der Waals surface area contributed by atoms with E-state index in [1.54, 1.807) is 21.3 Å². The summed E-state index contributed by atoms with van der Waals surface area (Å²) in [5.74, 6) is -2.13. The Morgan fingerprint density at radius 3 is 2.39 bits per heavy atom. The van der Waals surface area contributed by atoms with Gasteiger partial charge in [0.05, 0.1) is 49.3 Å². The number of hydroxylamine groups is 3. The molecule has 1 saturated heterocycles. The molecule has 5 saturated carbocycles. The highest BCUT2D eigenvalue weighted by atomic mass is 16.6. The number of hydrogen-bond donors (Lipinski definition) is 1. The number of esters is 2. The lowest BCUT2D eigenvalue weighted by Crippen LogP contribution is -2.80. The van der Waals surface area contributed by atoms with Crippen molar-refractivity contribution in [1.82, 2.24) is 0 Å². The maximum absolute atomic E-state index is 15.1. The van der Waals surface area contributed by atoms with Crippen LogP contribution in [0.3, 0.4) is 0 Å². The molecule has 1 aliphatic heterocycles. The summed E-state index contributed by atoms with van der Waals surface area (Å²) in [7, 11) is 4.99. The quantitative estimate of drug-likeness (QED) is 0.293. The summed E-state index contributed by atoms with van der Waals surface area (Å²) >= 11 is 0. The SMILES string of the molecule is CC[N+]1([O-])CC2(COC)CCC(O)[C@@]34C5C[C@@H]6C(OC)C[C@@](OC(C)=O)(C5C6OC(C)=O)C(C(OC)C23)C41. The zero-order chi connectivity index (χ0) is 27.4. The first kappa shape index (κ1) is 26.9. The first-order chi connectivity index (χ1) is 18.0. The van der Waals surface area contributed by atoms with E-state index in [2.05, 4.69) is 0 Å². The summed E-state index contributed by atoms with van der Waals surface area (Å²) in [4.78, 5) is 25.3. The summed E-state index contributed by atoms with van der Waals surface area (Å²) in [6.07, 6.45) is 0.275. The Balaban J connectivity index is 1.68. The minimum Gasteiger partial charge on any atom is -0.633 e. The fraction of sp³-hybridized carbons (Fsp3) is 0.929. The molecule has 10 heteroatoms. The van der Waals surface area contributed by atoms with Gasteiger partial charge < -0.3 is 38.6 Å². The number of carbonyl (C=O) groups excluding carboxylic acids is 2. The zero-order valence-electron chi connectivity index (χ0n) is 23.4. The standard InChI is InChI=1S/C28H43NO9/c1-7-29(33)12-26(13-34-4)9-8-19(32)28-17-10-16-18(35-5)11-27(38-15(3)31,20(17)22(16)37-14(2)30)21(25(28)29)23(36-6)24(26)28/h16-25,32H,7-13H2,1-6H3/t16-,17?,18?,19?,20?,21?,22?,23?,24?,25?,26?,27-,28+,29?/m1/s1. The van der Waals surface area contributed by atoms with E-state index in [0.717, 1.165) is 0 Å². The molecule has 1 spiro atoms. The maximum Gasteiger partial charge on any atom is 0.303 e. The highest BCUT2D eigenvalue weighted by Crippen LogP contribution is 2.80. The van der Waals surface area contributed by atoms with Crippen LogP contribution < -0.4 is 0 Å². The zero-order valence-corrected chi connectivity index (χ0v) is 23.4. The van der Waals surface area contributed by atoms with Gasteiger partial charge in [-0.2, -0.15) is 0 Å². The number of aliphatic hydroxyl groups is 1. The van der Waals surface area contributed by atoms with Crippen LogP contribution in [0.4, 0.5) is 0 Å². The van der Waals surface area contributed by atoms with Crippen LogP contribution in [-0.2, 0) is 33.3 Å². The minimum absolute atomic E-state index is 0.112. The van der Waals surface area contributed by atoms with Gasteiger partial charge in [-0.15, -0.1) is 0 Å². The Hall–Kier alpha value is -1.30. The van der Waals surface area contributed by atoms with Gasteiger partial charge in [0, 0.05) is 64.8 Å². The molecule has 10 nitrogen and oxygen atoms in total. The fourth-order valence-electron chi connectivity index (χ4n) is 11.7. The molecule has 11 unspecified atom stereocenters. The number of ether oxygens (including phenoxy) is 5. The van der Waals surface area contributed by atoms with Crippen LogP contribution in [0, 0.1) is 45.6 Å². The van der Waals surface area contributed by atoms with E-state index < -0.39 is 63.3 Å². The lowest BCUT2D eigenvalue weighted by molar-refractivity contribution is -0.933. The Bertz CT molecular complexity index is 1010. The van der Waals surface area contributed by atoms with Crippen LogP contribution in [0.2, 0.25) is 0 Å². The highest BCUT2D eigenvalue weighted by molar-refractivity contribution is 5.68. The number of rotatable bonds is 7. The van der Waals surface area contributed by atoms with Gasteiger partial charge in [0.15, 0.2) is 0 Å². The lowest BCUT2D eigenvalue weighted by Gasteiger charge is -2.72. The molecule has 6 aliphatic rings. The van der Waals surface area contributed by atoms with Crippen molar-refractivity contribution >= 4 is 11.9 Å². The van der Waals surface area contributed by atoms with Crippen LogP contribution in [0.1, 0.15) is 46.5 Å². The van der Waals surface area contributed by atoms with Crippen LogP contribution in [0.25, 0.3) is 0 Å². The second kappa shape index (κ2) is 8.60. The van der Waals surface area contributed by atoms with Gasteiger partial charge >= 0.3 is 11.9 Å². The van der Waals surface area contributed by atoms with Gasteiger partial charge in [0.25, 0.3) is 0 Å². The molecule has 1 N–H and O–H groups in total. The molecular formula is C28H43NO9. The monoisotopic (exact) mass is 537 g/mol. The third-order valence-electron chi connectivity index (χ3n) is 12.0. The maximum atomic E-state index is 15.1. The summed E-state index contributed by atoms with van der Waals surface area (Å²) < 4.78 is 30.2. The first-order valence-electron chi connectivity index (χ1n) is 14.2. The molecule has 1 heterocycles. The molecule has 0 radical (unpaired) electrons. The predicted octanol–water partition coefficient (Wildman–Crippen LogP) is 1.66. The van der Waals surface area contributed by atoms with Gasteiger partial charge in [0.1, 0.15) is 17.7 Å². The molecule has 0 aromatic rings. The normalized spacial score (nSPS) is 55.5. The Labute approximate surface area is 224 Å². The van der Waals surface area contributed by atoms with Crippen LogP contribution in [-0.4, -0.2) is 98.8 Å². The average molecular weight is 538 g/mol. The minimum atomic E-state index is -1.12. The first-order valence-corrected chi connectivity index (χ1v) is 14.2. The number of methoxy groups -OCH3 is 3. The van der Waals surface area contributed by atoms with Gasteiger partial charge in [-0.1, -0.05) is 0 Å². The number of fused-ring (bicyclic) bond motifs is 2. The number of hydrogen-bond acceptors (Lipinski definition) is 9. The molecule has 214 valence electrons. The van der Waals surface area contributed by atoms with Crippen molar-refractivity contribution in [2.75, 3.05) is 41.0 Å². The molecule has 7 bridgehead atoms. The Morgan fingerprint density at radius 2 is 1.82 bits per heavy atom. The van der Waals surface area contributed by atoms with Crippen LogP contribution >= 0.6 is 0 Å². The number of quaternary nitrogens is 1. The fourth-order valence-corrected chi connectivity index (χ4v) is 11.7. The molecule has 6 rings (SSSR count). The van der Waals surface area contributed by atoms with Crippen molar-refractivity contribution in [1.29, 1.82) is 0 Å². The Morgan fingerprint density at radius 1 is 1.08 bits per heavy atom. The number of carbonyl (C=O) groups is 2. The molecular weight excluding hydrogens is 494 g/mol. The number of piperidine rings is 1. The van der Waals surface area contributed by atoms with Crippen molar-refractivity contribution in [3.8, 4) is 0 Å². The molecule has 0 aromatic carbocycles. The lowest BCUT2D eigenvalue weighted by atomic mass is 9.43. The number of nitrogens with zero attached hydrogens (tertiary/aromatic N) is 1. The largest absolute Gasteiger partial charge is 0.633 e. The molecule has 0 aromatic heterocycles. The van der Waals surface area contributed by atoms with E-state index in [4.69, 9.17) is 23.7 Å². The second-order valence-corrected chi connectivity index (χ2v) is 13.1. The summed E-state index contributed by atoms with van der Waals surface area (Å²) in [5.41, 5.74) is -2.38. The average Bonchev–Trinajstić information content (AvgIpc) is 3.30. The van der Waals surface area contributed by atoms with Crippen molar-refractivity contribution < 1.29 is 43.0 Å².